The third kappa shape index (κ3) is 9.44. The molecule has 0 spiro atoms. The first-order valence-electron chi connectivity index (χ1n) is 7.97. The number of anilines is 2. The summed E-state index contributed by atoms with van der Waals surface area (Å²) in [6.45, 7) is 8.14. The van der Waals surface area contributed by atoms with Crippen molar-refractivity contribution in [3.63, 3.8) is 0 Å². The van der Waals surface area contributed by atoms with Crippen molar-refractivity contribution in [1.29, 1.82) is 0 Å². The van der Waals surface area contributed by atoms with Gasteiger partial charge in [-0.05, 0) is 13.3 Å². The first-order chi connectivity index (χ1) is 11.2. The standard InChI is InChI=1S/C9H14N4O2.C5H10O.C2H6/c1-4-15-9(14)7-6(10-2)8(11-3)13-5-12-7;1-2-3-4-5-6;1-2/h5,10H,4H2,1-3H3,(H,11,12,13);5H,2-4H2,1H3;1-2H3. The van der Waals surface area contributed by atoms with Crippen molar-refractivity contribution in [3.8, 4) is 0 Å². The molecule has 0 aliphatic heterocycles. The molecular weight excluding hydrogens is 296 g/mol. The van der Waals surface area contributed by atoms with Crippen LogP contribution in [0.4, 0.5) is 11.5 Å². The number of aromatic nitrogens is 2. The Morgan fingerprint density at radius 1 is 1.22 bits per heavy atom. The van der Waals surface area contributed by atoms with E-state index in [0.29, 0.717) is 18.1 Å². The Morgan fingerprint density at radius 3 is 2.26 bits per heavy atom. The minimum absolute atomic E-state index is 0.235. The van der Waals surface area contributed by atoms with Gasteiger partial charge in [-0.15, -0.1) is 0 Å². The minimum Gasteiger partial charge on any atom is -0.461 e. The second-order valence-electron chi connectivity index (χ2n) is 3.98. The first-order valence-corrected chi connectivity index (χ1v) is 7.97. The summed E-state index contributed by atoms with van der Waals surface area (Å²) < 4.78 is 4.87. The molecule has 23 heavy (non-hydrogen) atoms. The number of hydrogen-bond acceptors (Lipinski definition) is 7. The van der Waals surface area contributed by atoms with Gasteiger partial charge < -0.3 is 20.2 Å². The fourth-order valence-corrected chi connectivity index (χ4v) is 1.45. The molecule has 0 amide bonds. The van der Waals surface area contributed by atoms with Crippen molar-refractivity contribution in [1.82, 2.24) is 9.97 Å². The van der Waals surface area contributed by atoms with Gasteiger partial charge in [0.15, 0.2) is 11.5 Å². The van der Waals surface area contributed by atoms with Crippen molar-refractivity contribution in [2.45, 2.75) is 47.0 Å². The Bertz CT molecular complexity index is 439. The monoisotopic (exact) mass is 326 g/mol. The van der Waals surface area contributed by atoms with Crippen LogP contribution in [0.2, 0.25) is 0 Å². The van der Waals surface area contributed by atoms with Gasteiger partial charge in [0.1, 0.15) is 18.3 Å². The molecule has 0 aromatic carbocycles. The van der Waals surface area contributed by atoms with Crippen LogP contribution >= 0.6 is 0 Å². The van der Waals surface area contributed by atoms with Crippen LogP contribution in [0.25, 0.3) is 0 Å². The van der Waals surface area contributed by atoms with Gasteiger partial charge in [-0.25, -0.2) is 14.8 Å². The SMILES string of the molecule is CC.CCCCC=O.CCOC(=O)c1ncnc(NC)c1NC. The van der Waals surface area contributed by atoms with E-state index in [1.807, 2.05) is 13.8 Å². The van der Waals surface area contributed by atoms with Gasteiger partial charge in [-0.1, -0.05) is 27.2 Å². The Morgan fingerprint density at radius 2 is 1.87 bits per heavy atom. The summed E-state index contributed by atoms with van der Waals surface area (Å²) in [6.07, 6.45) is 5.18. The molecule has 0 aliphatic carbocycles. The van der Waals surface area contributed by atoms with E-state index in [2.05, 4.69) is 27.5 Å². The average molecular weight is 326 g/mol. The number of nitrogens with zero attached hydrogens (tertiary/aromatic N) is 2. The van der Waals surface area contributed by atoms with Gasteiger partial charge in [0.2, 0.25) is 0 Å². The predicted molar refractivity (Wildman–Crippen MR) is 94.0 cm³/mol. The van der Waals surface area contributed by atoms with Crippen molar-refractivity contribution in [2.75, 3.05) is 31.3 Å². The number of ether oxygens (including phenoxy) is 1. The Kier molecular flexibility index (Phi) is 16.3. The highest BCUT2D eigenvalue weighted by atomic mass is 16.5. The molecule has 0 fully saturated rings. The van der Waals surface area contributed by atoms with Crippen LogP contribution in [0.5, 0.6) is 0 Å². The van der Waals surface area contributed by atoms with Gasteiger partial charge in [-0.2, -0.15) is 0 Å². The van der Waals surface area contributed by atoms with Gasteiger partial charge in [0.25, 0.3) is 0 Å². The lowest BCUT2D eigenvalue weighted by Gasteiger charge is -2.10. The number of carbonyl (C=O) groups is 2. The van der Waals surface area contributed by atoms with Gasteiger partial charge >= 0.3 is 5.97 Å². The van der Waals surface area contributed by atoms with E-state index in [1.54, 1.807) is 21.0 Å². The van der Waals surface area contributed by atoms with Crippen molar-refractivity contribution < 1.29 is 14.3 Å². The Balaban J connectivity index is 0. The molecule has 0 aliphatic rings. The molecule has 1 heterocycles. The summed E-state index contributed by atoms with van der Waals surface area (Å²) in [6, 6.07) is 0. The molecule has 0 atom stereocenters. The van der Waals surface area contributed by atoms with E-state index in [-0.39, 0.29) is 5.69 Å². The lowest BCUT2D eigenvalue weighted by molar-refractivity contribution is -0.107. The molecule has 1 rings (SSSR count). The molecule has 0 radical (unpaired) electrons. The number of nitrogens with one attached hydrogen (secondary N) is 2. The molecular formula is C16H30N4O3. The quantitative estimate of drug-likeness (QED) is 0.451. The first kappa shape index (κ1) is 23.1. The van der Waals surface area contributed by atoms with Crippen LogP contribution in [0.3, 0.4) is 0 Å². The lowest BCUT2D eigenvalue weighted by Crippen LogP contribution is -2.12. The van der Waals surface area contributed by atoms with Crippen LogP contribution in [-0.2, 0) is 9.53 Å². The lowest BCUT2D eigenvalue weighted by atomic mass is 10.3. The maximum atomic E-state index is 11.5. The maximum absolute atomic E-state index is 11.5. The normalized spacial score (nSPS) is 8.61. The maximum Gasteiger partial charge on any atom is 0.359 e. The summed E-state index contributed by atoms with van der Waals surface area (Å²) in [5.74, 6) is 0.108. The summed E-state index contributed by atoms with van der Waals surface area (Å²) in [4.78, 5) is 28.9. The van der Waals surface area contributed by atoms with Crippen LogP contribution in [0.1, 0.15) is 57.4 Å². The highest BCUT2D eigenvalue weighted by molar-refractivity contribution is 5.96. The van der Waals surface area contributed by atoms with E-state index < -0.39 is 5.97 Å². The zero-order valence-corrected chi connectivity index (χ0v) is 15.1. The summed E-state index contributed by atoms with van der Waals surface area (Å²) in [5, 5.41) is 5.73. The highest BCUT2D eigenvalue weighted by Crippen LogP contribution is 2.21. The number of hydrogen-bond donors (Lipinski definition) is 2. The highest BCUT2D eigenvalue weighted by Gasteiger charge is 2.16. The van der Waals surface area contributed by atoms with Gasteiger partial charge in [0.05, 0.1) is 6.61 Å². The van der Waals surface area contributed by atoms with E-state index in [4.69, 9.17) is 4.74 Å². The number of esters is 1. The zero-order chi connectivity index (χ0) is 18.1. The van der Waals surface area contributed by atoms with E-state index in [0.717, 1.165) is 25.5 Å². The van der Waals surface area contributed by atoms with Crippen molar-refractivity contribution in [3.05, 3.63) is 12.0 Å². The molecule has 1 aromatic heterocycles. The Hall–Kier alpha value is -2.18. The molecule has 2 N–H and O–H groups in total. The third-order valence-corrected chi connectivity index (χ3v) is 2.48. The van der Waals surface area contributed by atoms with Crippen molar-refractivity contribution in [2.24, 2.45) is 0 Å². The zero-order valence-electron chi connectivity index (χ0n) is 15.1. The van der Waals surface area contributed by atoms with Gasteiger partial charge in [-0.3, -0.25) is 0 Å². The molecule has 0 unspecified atom stereocenters. The van der Waals surface area contributed by atoms with Gasteiger partial charge in [0, 0.05) is 20.5 Å². The third-order valence-electron chi connectivity index (χ3n) is 2.48. The fourth-order valence-electron chi connectivity index (χ4n) is 1.45. The molecule has 0 saturated carbocycles. The molecule has 0 bridgehead atoms. The van der Waals surface area contributed by atoms with Crippen LogP contribution < -0.4 is 10.6 Å². The molecule has 0 saturated heterocycles. The molecule has 7 heteroatoms. The number of carbonyl (C=O) groups excluding carboxylic acids is 2. The second kappa shape index (κ2) is 16.2. The summed E-state index contributed by atoms with van der Waals surface area (Å²) in [7, 11) is 3.42. The summed E-state index contributed by atoms with van der Waals surface area (Å²) >= 11 is 0. The average Bonchev–Trinajstić information content (AvgIpc) is 2.61. The molecule has 132 valence electrons. The van der Waals surface area contributed by atoms with E-state index in [1.165, 1.54) is 6.33 Å². The molecule has 7 nitrogen and oxygen atoms in total. The minimum atomic E-state index is -0.458. The number of rotatable bonds is 7. The smallest absolute Gasteiger partial charge is 0.359 e. The topological polar surface area (TPSA) is 93.2 Å². The fraction of sp³-hybridized carbons (Fsp3) is 0.625. The Labute approximate surface area is 139 Å². The van der Waals surface area contributed by atoms with Crippen LogP contribution in [0, 0.1) is 0 Å². The molecule has 1 aromatic rings. The van der Waals surface area contributed by atoms with Crippen LogP contribution in [-0.4, -0.2) is 42.9 Å². The van der Waals surface area contributed by atoms with Crippen LogP contribution in [0.15, 0.2) is 6.33 Å². The van der Waals surface area contributed by atoms with E-state index >= 15 is 0 Å². The largest absolute Gasteiger partial charge is 0.461 e. The number of aldehydes is 1. The second-order valence-corrected chi connectivity index (χ2v) is 3.98. The predicted octanol–water partition coefficient (Wildman–Crippen LogP) is 3.14. The summed E-state index contributed by atoms with van der Waals surface area (Å²) in [5.41, 5.74) is 0.775. The number of unbranched alkanes of at least 4 members (excludes halogenated alkanes) is 2. The van der Waals surface area contributed by atoms with E-state index in [9.17, 15) is 9.59 Å². The van der Waals surface area contributed by atoms with Crippen molar-refractivity contribution >= 4 is 23.8 Å².